The van der Waals surface area contributed by atoms with Crippen molar-refractivity contribution in [1.82, 2.24) is 0 Å². The van der Waals surface area contributed by atoms with Crippen LogP contribution in [0, 0.1) is 0 Å². The molecule has 0 aromatic rings. The molecule has 0 saturated heterocycles. The number of halogens is 2. The van der Waals surface area contributed by atoms with Crippen molar-refractivity contribution in [2.75, 3.05) is 26.2 Å². The molecule has 0 spiro atoms. The Kier molecular flexibility index (Phi) is 49.8. The van der Waals surface area contributed by atoms with Crippen molar-refractivity contribution in [3.63, 3.8) is 0 Å². The van der Waals surface area contributed by atoms with Gasteiger partial charge in [0, 0.05) is 26.2 Å². The van der Waals surface area contributed by atoms with Crippen LogP contribution in [0.2, 0.25) is 0 Å². The maximum absolute atomic E-state index is 4.90. The summed E-state index contributed by atoms with van der Waals surface area (Å²) in [5, 5.41) is 0. The van der Waals surface area contributed by atoms with Crippen molar-refractivity contribution in [1.29, 1.82) is 0 Å². The average molecular weight is 255 g/mol. The predicted octanol–water partition coefficient (Wildman–Crippen LogP) is -0.816. The van der Waals surface area contributed by atoms with Crippen LogP contribution in [0.1, 0.15) is 0 Å². The van der Waals surface area contributed by atoms with Gasteiger partial charge in [-0.3, -0.25) is 0 Å². The molecule has 11 heavy (non-hydrogen) atoms. The Hall–Kier alpha value is 0.939. The summed E-state index contributed by atoms with van der Waals surface area (Å²) in [5.41, 5.74) is 19.6. The van der Waals surface area contributed by atoms with Crippen molar-refractivity contribution in [3.05, 3.63) is 0 Å². The van der Waals surface area contributed by atoms with Crippen LogP contribution in [-0.4, -0.2) is 26.2 Å². The van der Waals surface area contributed by atoms with E-state index in [9.17, 15) is 0 Å². The molecule has 0 saturated carbocycles. The Bertz CT molecular complexity index is 35.3. The van der Waals surface area contributed by atoms with Crippen LogP contribution in [0.3, 0.4) is 0 Å². The minimum absolute atomic E-state index is 0.597. The van der Waals surface area contributed by atoms with Gasteiger partial charge in [-0.2, -0.15) is 0 Å². The normalized spacial score (nSPS) is 7.45. The van der Waals surface area contributed by atoms with Gasteiger partial charge in [0.2, 0.25) is 0 Å². The Labute approximate surface area is 82.5 Å². The molecule has 0 heterocycles. The summed E-state index contributed by atoms with van der Waals surface area (Å²) in [6.07, 6.45) is 0. The van der Waals surface area contributed by atoms with E-state index in [0.717, 1.165) is 13.1 Å². The van der Waals surface area contributed by atoms with Gasteiger partial charge in [0.25, 0.3) is 0 Å². The number of hydrogen-bond donors (Lipinski definition) is 4. The van der Waals surface area contributed by atoms with Gasteiger partial charge in [0.15, 0.2) is 0 Å². The van der Waals surface area contributed by atoms with E-state index in [4.69, 9.17) is 22.9 Å². The first-order valence-electron chi connectivity index (χ1n) is 2.86. The van der Waals surface area contributed by atoms with Crippen molar-refractivity contribution >= 4 is 20.2 Å². The Morgan fingerprint density at radius 1 is 0.727 bits per heavy atom. The third-order valence-electron chi connectivity index (χ3n) is 0.333. The second-order valence-electron chi connectivity index (χ2n) is 1.20. The fourth-order valence-electron chi connectivity index (χ4n) is 0. The summed E-state index contributed by atoms with van der Waals surface area (Å²) in [4.78, 5) is 0. The van der Waals surface area contributed by atoms with Gasteiger partial charge in [0.05, 0.1) is 0 Å². The molecule has 0 unspecified atom stereocenters. The molecule has 0 aromatic heterocycles. The molecule has 0 fully saturated rings. The molecular weight excluding hydrogens is 239 g/mol. The van der Waals surface area contributed by atoms with Crippen LogP contribution >= 0.6 is 20.2 Å². The first-order chi connectivity index (χ1) is 5.24. The molecular formula is C4H16Cl2CuN4. The first kappa shape index (κ1) is 17.9. The van der Waals surface area contributed by atoms with E-state index in [1.165, 1.54) is 0 Å². The molecule has 0 aliphatic carbocycles. The minimum atomic E-state index is 0.597. The van der Waals surface area contributed by atoms with Crippen LogP contribution in [0.25, 0.3) is 0 Å². The van der Waals surface area contributed by atoms with Crippen LogP contribution in [0.15, 0.2) is 0 Å². The summed E-state index contributed by atoms with van der Waals surface area (Å²) in [6, 6.07) is 0. The van der Waals surface area contributed by atoms with Crippen molar-refractivity contribution in [3.8, 4) is 0 Å². The zero-order valence-electron chi connectivity index (χ0n) is 6.20. The zero-order valence-corrected chi connectivity index (χ0v) is 8.65. The summed E-state index contributed by atoms with van der Waals surface area (Å²) in [6.45, 7) is 2.39. The summed E-state index contributed by atoms with van der Waals surface area (Å²) in [5.74, 6) is 0. The molecule has 0 aliphatic rings. The quantitative estimate of drug-likeness (QED) is 0.484. The molecule has 0 amide bonds. The fourth-order valence-corrected chi connectivity index (χ4v) is 0. The standard InChI is InChI=1S/2C2H8N2.2ClH.Cu/c2*3-1-2-4;;;/h2*1-4H2;2*1H;/q;;;;+2/p-2. The zero-order chi connectivity index (χ0) is 9.54. The van der Waals surface area contributed by atoms with Crippen LogP contribution in [-0.2, 0) is 13.1 Å². The van der Waals surface area contributed by atoms with E-state index in [0.29, 0.717) is 26.2 Å². The van der Waals surface area contributed by atoms with Crippen LogP contribution in [0.4, 0.5) is 0 Å². The Balaban J connectivity index is -0.0000000886. The topological polar surface area (TPSA) is 104 Å². The van der Waals surface area contributed by atoms with E-state index < -0.39 is 0 Å². The Morgan fingerprint density at radius 2 is 0.818 bits per heavy atom. The number of rotatable bonds is 2. The summed E-state index contributed by atoms with van der Waals surface area (Å²) < 4.78 is 0. The second-order valence-corrected chi connectivity index (χ2v) is 2.75. The predicted molar refractivity (Wildman–Crippen MR) is 47.9 cm³/mol. The van der Waals surface area contributed by atoms with Crippen LogP contribution in [0.5, 0.6) is 0 Å². The van der Waals surface area contributed by atoms with Gasteiger partial charge in [-0.15, -0.1) is 0 Å². The molecule has 0 aliphatic heterocycles. The van der Waals surface area contributed by atoms with Crippen LogP contribution < -0.4 is 22.9 Å². The fraction of sp³-hybridized carbons (Fsp3) is 1.00. The molecule has 0 bridgehead atoms. The molecule has 77 valence electrons. The number of nitrogens with two attached hydrogens (primary N) is 4. The van der Waals surface area contributed by atoms with Gasteiger partial charge in [-0.05, 0) is 0 Å². The van der Waals surface area contributed by atoms with Gasteiger partial charge in [0.1, 0.15) is 0 Å². The SMILES string of the molecule is NCCN.NCCN.[Cl][Cu][Cl]. The maximum atomic E-state index is 4.90. The van der Waals surface area contributed by atoms with E-state index in [1.54, 1.807) is 0 Å². The molecule has 0 atom stereocenters. The van der Waals surface area contributed by atoms with E-state index in [2.05, 4.69) is 20.2 Å². The third kappa shape index (κ3) is 101. The first-order valence-corrected chi connectivity index (χ1v) is 5.45. The van der Waals surface area contributed by atoms with Crippen molar-refractivity contribution < 1.29 is 13.1 Å². The van der Waals surface area contributed by atoms with Crippen molar-refractivity contribution in [2.45, 2.75) is 0 Å². The van der Waals surface area contributed by atoms with E-state index >= 15 is 0 Å². The van der Waals surface area contributed by atoms with Crippen molar-refractivity contribution in [2.24, 2.45) is 22.9 Å². The number of hydrogen-bond acceptors (Lipinski definition) is 4. The average Bonchev–Trinajstić information content (AvgIpc) is 2.06. The monoisotopic (exact) mass is 253 g/mol. The molecule has 0 rings (SSSR count). The molecule has 0 aromatic carbocycles. The van der Waals surface area contributed by atoms with E-state index in [-0.39, 0.29) is 0 Å². The molecule has 7 heteroatoms. The Morgan fingerprint density at radius 3 is 0.818 bits per heavy atom. The summed E-state index contributed by atoms with van der Waals surface area (Å²) in [7, 11) is 9.34. The molecule has 4 nitrogen and oxygen atoms in total. The molecule has 0 radical (unpaired) electrons. The van der Waals surface area contributed by atoms with Gasteiger partial charge >= 0.3 is 33.3 Å². The van der Waals surface area contributed by atoms with E-state index in [1.807, 2.05) is 0 Å². The van der Waals surface area contributed by atoms with Gasteiger partial charge in [-0.1, -0.05) is 0 Å². The summed E-state index contributed by atoms with van der Waals surface area (Å²) >= 11 is 0.757. The second kappa shape index (κ2) is 30.6. The molecule has 8 N–H and O–H groups in total. The third-order valence-corrected chi connectivity index (χ3v) is 0.333. The van der Waals surface area contributed by atoms with Gasteiger partial charge < -0.3 is 22.9 Å². The van der Waals surface area contributed by atoms with Gasteiger partial charge in [-0.25, -0.2) is 0 Å².